The van der Waals surface area contributed by atoms with Crippen molar-refractivity contribution in [1.82, 2.24) is 34.8 Å². The van der Waals surface area contributed by atoms with Gasteiger partial charge in [-0.1, -0.05) is 26.8 Å². The first-order chi connectivity index (χ1) is 16.3. The number of morpholine rings is 1. The molecule has 4 aromatic rings. The number of H-pyrrole nitrogens is 2. The van der Waals surface area contributed by atoms with E-state index in [4.69, 9.17) is 9.72 Å². The summed E-state index contributed by atoms with van der Waals surface area (Å²) >= 11 is 0. The van der Waals surface area contributed by atoms with Crippen LogP contribution in [0.1, 0.15) is 48.1 Å². The van der Waals surface area contributed by atoms with Crippen molar-refractivity contribution in [3.05, 3.63) is 53.0 Å². The number of carbonyl (C=O) groups is 1. The Morgan fingerprint density at radius 1 is 1.18 bits per heavy atom. The Hall–Kier alpha value is -3.30. The molecule has 0 amide bonds. The van der Waals surface area contributed by atoms with Gasteiger partial charge in [0, 0.05) is 44.1 Å². The van der Waals surface area contributed by atoms with Gasteiger partial charge in [0.2, 0.25) is 0 Å². The fourth-order valence-corrected chi connectivity index (χ4v) is 4.30. The molecule has 0 radical (unpaired) electrons. The number of hydrogen-bond acceptors (Lipinski definition) is 6. The first-order valence-corrected chi connectivity index (χ1v) is 11.7. The first kappa shape index (κ1) is 22.5. The Kier molecular flexibility index (Phi) is 5.83. The minimum Gasteiger partial charge on any atom is -0.379 e. The largest absolute Gasteiger partial charge is 0.379 e. The van der Waals surface area contributed by atoms with Crippen LogP contribution < -0.4 is 0 Å². The highest BCUT2D eigenvalue weighted by Crippen LogP contribution is 2.25. The molecule has 0 aliphatic carbocycles. The van der Waals surface area contributed by atoms with Crippen LogP contribution >= 0.6 is 0 Å². The van der Waals surface area contributed by atoms with E-state index in [2.05, 4.69) is 58.1 Å². The molecule has 0 saturated carbocycles. The third kappa shape index (κ3) is 4.53. The molecule has 1 saturated heterocycles. The molecule has 9 heteroatoms. The average Bonchev–Trinajstić information content (AvgIpc) is 3.51. The molecule has 178 valence electrons. The van der Waals surface area contributed by atoms with Crippen LogP contribution in [-0.2, 0) is 30.2 Å². The predicted octanol–water partition coefficient (Wildman–Crippen LogP) is 3.24. The molecule has 4 heterocycles. The summed E-state index contributed by atoms with van der Waals surface area (Å²) in [6, 6.07) is 8.19. The molecule has 1 aromatic carbocycles. The van der Waals surface area contributed by atoms with Crippen molar-refractivity contribution in [2.24, 2.45) is 7.05 Å². The van der Waals surface area contributed by atoms with E-state index < -0.39 is 0 Å². The minimum absolute atomic E-state index is 0.00272. The maximum atomic E-state index is 13.1. The maximum Gasteiger partial charge on any atom is 0.185 e. The van der Waals surface area contributed by atoms with E-state index in [0.29, 0.717) is 11.5 Å². The molecule has 2 N–H and O–H groups in total. The Balaban J connectivity index is 1.36. The van der Waals surface area contributed by atoms with Gasteiger partial charge in [0.15, 0.2) is 11.6 Å². The number of rotatable bonds is 6. The zero-order valence-electron chi connectivity index (χ0n) is 20.2. The second-order valence-corrected chi connectivity index (χ2v) is 9.98. The summed E-state index contributed by atoms with van der Waals surface area (Å²) in [5.41, 5.74) is 5.99. The maximum absolute atomic E-state index is 13.1. The predicted molar refractivity (Wildman–Crippen MR) is 130 cm³/mol. The molecule has 0 spiro atoms. The standard InChI is InChI=1S/C25H31N7O2/c1-25(2,3)22-13-20(31(4)30-22)21(33)12-17-14-26-29-23(17)24-27-18-6-5-16(11-19(18)28-24)15-32-7-9-34-10-8-32/h5-6,11,13-14H,7-10,12,15H2,1-4H3,(H,26,29)(H,27,28). The number of aryl methyl sites for hydroxylation is 1. The molecule has 34 heavy (non-hydrogen) atoms. The van der Waals surface area contributed by atoms with Crippen molar-refractivity contribution in [3.63, 3.8) is 0 Å². The summed E-state index contributed by atoms with van der Waals surface area (Å²) < 4.78 is 7.11. The normalized spacial score (nSPS) is 15.3. The molecule has 1 aliphatic rings. The van der Waals surface area contributed by atoms with Gasteiger partial charge in [-0.25, -0.2) is 4.98 Å². The van der Waals surface area contributed by atoms with Crippen LogP contribution in [0.15, 0.2) is 30.5 Å². The molecular formula is C25H31N7O2. The third-order valence-electron chi connectivity index (χ3n) is 6.30. The summed E-state index contributed by atoms with van der Waals surface area (Å²) in [7, 11) is 1.81. The molecule has 3 aromatic heterocycles. The summed E-state index contributed by atoms with van der Waals surface area (Å²) in [4.78, 5) is 23.7. The lowest BCUT2D eigenvalue weighted by Crippen LogP contribution is -2.35. The highest BCUT2D eigenvalue weighted by atomic mass is 16.5. The zero-order valence-corrected chi connectivity index (χ0v) is 20.2. The van der Waals surface area contributed by atoms with Crippen LogP contribution in [0.3, 0.4) is 0 Å². The summed E-state index contributed by atoms with van der Waals surface area (Å²) in [5, 5.41) is 11.8. The highest BCUT2D eigenvalue weighted by molar-refractivity contribution is 5.97. The molecule has 0 unspecified atom stereocenters. The number of nitrogens with one attached hydrogen (secondary N) is 2. The molecule has 0 bridgehead atoms. The van der Waals surface area contributed by atoms with E-state index in [1.165, 1.54) is 5.56 Å². The van der Waals surface area contributed by atoms with Crippen LogP contribution in [0, 0.1) is 0 Å². The quantitative estimate of drug-likeness (QED) is 0.427. The van der Waals surface area contributed by atoms with Crippen LogP contribution in [0.4, 0.5) is 0 Å². The van der Waals surface area contributed by atoms with Crippen molar-refractivity contribution in [3.8, 4) is 11.5 Å². The topological polar surface area (TPSA) is 105 Å². The first-order valence-electron chi connectivity index (χ1n) is 11.7. The van der Waals surface area contributed by atoms with Gasteiger partial charge in [-0.3, -0.25) is 19.5 Å². The van der Waals surface area contributed by atoms with Crippen LogP contribution in [0.5, 0.6) is 0 Å². The van der Waals surface area contributed by atoms with Gasteiger partial charge < -0.3 is 9.72 Å². The van der Waals surface area contributed by atoms with E-state index in [0.717, 1.165) is 60.8 Å². The zero-order chi connectivity index (χ0) is 23.9. The summed E-state index contributed by atoms with van der Waals surface area (Å²) in [5.74, 6) is 0.677. The lowest BCUT2D eigenvalue weighted by molar-refractivity contribution is 0.0342. The molecule has 5 rings (SSSR count). The number of Topliss-reactive ketones (excluding diaryl/α,β-unsaturated/α-hetero) is 1. The van der Waals surface area contributed by atoms with Crippen molar-refractivity contribution in [2.75, 3.05) is 26.3 Å². The Morgan fingerprint density at radius 3 is 2.71 bits per heavy atom. The Bertz CT molecular complexity index is 1320. The lowest BCUT2D eigenvalue weighted by atomic mass is 9.92. The second-order valence-electron chi connectivity index (χ2n) is 9.98. The number of aromatic amines is 2. The molecule has 1 fully saturated rings. The minimum atomic E-state index is -0.119. The number of carbonyl (C=O) groups excluding carboxylic acids is 1. The van der Waals surface area contributed by atoms with Crippen LogP contribution in [0.2, 0.25) is 0 Å². The number of nitrogens with zero attached hydrogens (tertiary/aromatic N) is 5. The van der Waals surface area contributed by atoms with Crippen molar-refractivity contribution in [2.45, 2.75) is 39.2 Å². The van der Waals surface area contributed by atoms with E-state index in [-0.39, 0.29) is 17.6 Å². The summed E-state index contributed by atoms with van der Waals surface area (Å²) in [6.45, 7) is 10.6. The van der Waals surface area contributed by atoms with Crippen LogP contribution in [-0.4, -0.2) is 66.9 Å². The lowest BCUT2D eigenvalue weighted by Gasteiger charge is -2.26. The fourth-order valence-electron chi connectivity index (χ4n) is 4.30. The number of fused-ring (bicyclic) bond motifs is 1. The molecule has 1 aliphatic heterocycles. The van der Waals surface area contributed by atoms with Crippen molar-refractivity contribution in [1.29, 1.82) is 0 Å². The number of imidazole rings is 1. The average molecular weight is 462 g/mol. The van der Waals surface area contributed by atoms with E-state index in [1.54, 1.807) is 10.9 Å². The van der Waals surface area contributed by atoms with Gasteiger partial charge in [-0.05, 0) is 23.8 Å². The Morgan fingerprint density at radius 2 is 1.97 bits per heavy atom. The highest BCUT2D eigenvalue weighted by Gasteiger charge is 2.23. The van der Waals surface area contributed by atoms with Gasteiger partial charge in [0.1, 0.15) is 11.4 Å². The van der Waals surface area contributed by atoms with Crippen LogP contribution in [0.25, 0.3) is 22.6 Å². The number of ether oxygens (including phenoxy) is 1. The number of benzene rings is 1. The number of hydrogen-bond donors (Lipinski definition) is 2. The molecular weight excluding hydrogens is 430 g/mol. The van der Waals surface area contributed by atoms with E-state index >= 15 is 0 Å². The van der Waals surface area contributed by atoms with Crippen molar-refractivity contribution < 1.29 is 9.53 Å². The number of aromatic nitrogens is 6. The van der Waals surface area contributed by atoms with E-state index in [9.17, 15) is 4.79 Å². The third-order valence-corrected chi connectivity index (χ3v) is 6.30. The van der Waals surface area contributed by atoms with Gasteiger partial charge in [0.05, 0.1) is 36.1 Å². The van der Waals surface area contributed by atoms with Gasteiger partial charge in [-0.15, -0.1) is 0 Å². The van der Waals surface area contributed by atoms with Crippen molar-refractivity contribution >= 4 is 16.8 Å². The Labute approximate surface area is 198 Å². The fraction of sp³-hybridized carbons (Fsp3) is 0.440. The smallest absolute Gasteiger partial charge is 0.185 e. The van der Waals surface area contributed by atoms with E-state index in [1.807, 2.05) is 19.2 Å². The monoisotopic (exact) mass is 461 g/mol. The molecule has 9 nitrogen and oxygen atoms in total. The van der Waals surface area contributed by atoms with Gasteiger partial charge >= 0.3 is 0 Å². The van der Waals surface area contributed by atoms with Gasteiger partial charge in [0.25, 0.3) is 0 Å². The summed E-state index contributed by atoms with van der Waals surface area (Å²) in [6.07, 6.45) is 1.92. The second kappa shape index (κ2) is 8.81. The van der Waals surface area contributed by atoms with Gasteiger partial charge in [-0.2, -0.15) is 10.2 Å². The number of ketones is 1. The SMILES string of the molecule is Cn1nc(C(C)(C)C)cc1C(=O)Cc1cn[nH]c1-c1nc2ccc(CN3CCOCC3)cc2[nH]1. The molecule has 0 atom stereocenters.